The minimum atomic E-state index is -0.688. The highest BCUT2D eigenvalue weighted by Gasteiger charge is 2.24. The molecule has 7 heteroatoms. The van der Waals surface area contributed by atoms with Crippen molar-refractivity contribution in [1.29, 1.82) is 0 Å². The van der Waals surface area contributed by atoms with Crippen LogP contribution in [0.25, 0.3) is 0 Å². The Morgan fingerprint density at radius 3 is 2.30 bits per heavy atom. The van der Waals surface area contributed by atoms with Crippen molar-refractivity contribution in [2.24, 2.45) is 0 Å². The first-order valence-electron chi connectivity index (χ1n) is 6.87. The van der Waals surface area contributed by atoms with Gasteiger partial charge in [-0.2, -0.15) is 0 Å². The minimum Gasteiger partial charge on any atom is -0.347 e. The van der Waals surface area contributed by atoms with Crippen LogP contribution in [0.15, 0.2) is 0 Å². The summed E-state index contributed by atoms with van der Waals surface area (Å²) in [6.07, 6.45) is 1.73. The smallest absolute Gasteiger partial charge is 0.244 e. The lowest BCUT2D eigenvalue weighted by atomic mass is 10.1. The predicted molar refractivity (Wildman–Crippen MR) is 79.8 cm³/mol. The van der Waals surface area contributed by atoms with Gasteiger partial charge in [0.15, 0.2) is 0 Å². The maximum atomic E-state index is 11.9. The van der Waals surface area contributed by atoms with E-state index in [0.29, 0.717) is 17.5 Å². The van der Waals surface area contributed by atoms with E-state index in [1.165, 1.54) is 4.90 Å². The molecule has 2 amide bonds. The third kappa shape index (κ3) is 5.20. The standard InChI is InChI=1S/C13H25N3O3S/c1-10(13(18)15(2)3)14-12(17)9-16(4)11-5-7-20(19)8-6-11/h10-11H,5-9H2,1-4H3,(H,14,17)/t10-,11?,20?/m0/s1. The van der Waals surface area contributed by atoms with Crippen LogP contribution in [0.3, 0.4) is 0 Å². The number of carbonyl (C=O) groups is 2. The van der Waals surface area contributed by atoms with E-state index in [4.69, 9.17) is 0 Å². The first kappa shape index (κ1) is 17.1. The highest BCUT2D eigenvalue weighted by Crippen LogP contribution is 2.14. The van der Waals surface area contributed by atoms with E-state index in [9.17, 15) is 13.8 Å². The van der Waals surface area contributed by atoms with Gasteiger partial charge in [-0.15, -0.1) is 0 Å². The summed E-state index contributed by atoms with van der Waals surface area (Å²) in [7, 11) is 4.54. The topological polar surface area (TPSA) is 69.7 Å². The quantitative estimate of drug-likeness (QED) is 0.738. The van der Waals surface area contributed by atoms with E-state index in [-0.39, 0.29) is 18.4 Å². The van der Waals surface area contributed by atoms with E-state index < -0.39 is 16.8 Å². The molecule has 0 aromatic carbocycles. The molecular weight excluding hydrogens is 278 g/mol. The normalized spacial score (nSPS) is 24.2. The maximum absolute atomic E-state index is 11.9. The molecule has 20 heavy (non-hydrogen) atoms. The van der Waals surface area contributed by atoms with E-state index in [0.717, 1.165) is 12.8 Å². The summed E-state index contributed by atoms with van der Waals surface area (Å²) in [5, 5.41) is 2.71. The Balaban J connectivity index is 2.38. The summed E-state index contributed by atoms with van der Waals surface area (Å²) in [6, 6.07) is -0.205. The molecule has 0 aromatic rings. The van der Waals surface area contributed by atoms with Crippen molar-refractivity contribution < 1.29 is 13.8 Å². The third-order valence-electron chi connectivity index (χ3n) is 3.56. The van der Waals surface area contributed by atoms with Crippen LogP contribution < -0.4 is 5.32 Å². The molecular formula is C13H25N3O3S. The summed E-state index contributed by atoms with van der Waals surface area (Å²) in [6.45, 7) is 1.95. The fraction of sp³-hybridized carbons (Fsp3) is 0.846. The lowest BCUT2D eigenvalue weighted by molar-refractivity contribution is -0.134. The Labute approximate surface area is 123 Å². The predicted octanol–water partition coefficient (Wildman–Crippen LogP) is -0.578. The number of carbonyl (C=O) groups excluding carboxylic acids is 2. The molecule has 1 aliphatic heterocycles. The van der Waals surface area contributed by atoms with Gasteiger partial charge in [0.1, 0.15) is 6.04 Å². The molecule has 0 unspecified atom stereocenters. The van der Waals surface area contributed by atoms with Crippen LogP contribution in [-0.2, 0) is 20.4 Å². The van der Waals surface area contributed by atoms with Crippen molar-refractivity contribution in [3.8, 4) is 0 Å². The van der Waals surface area contributed by atoms with Crippen LogP contribution in [0.1, 0.15) is 19.8 Å². The summed E-state index contributed by atoms with van der Waals surface area (Å²) >= 11 is 0. The molecule has 0 aromatic heterocycles. The fourth-order valence-corrected chi connectivity index (χ4v) is 3.59. The number of amides is 2. The molecule has 1 fully saturated rings. The Morgan fingerprint density at radius 1 is 1.25 bits per heavy atom. The van der Waals surface area contributed by atoms with E-state index >= 15 is 0 Å². The first-order chi connectivity index (χ1) is 9.31. The molecule has 0 aliphatic carbocycles. The van der Waals surface area contributed by atoms with Crippen LogP contribution in [0, 0.1) is 0 Å². The second-order valence-electron chi connectivity index (χ2n) is 5.52. The number of nitrogens with zero attached hydrogens (tertiary/aromatic N) is 2. The number of hydrogen-bond donors (Lipinski definition) is 1. The largest absolute Gasteiger partial charge is 0.347 e. The zero-order chi connectivity index (χ0) is 15.3. The summed E-state index contributed by atoms with van der Waals surface area (Å²) in [4.78, 5) is 27.0. The fourth-order valence-electron chi connectivity index (χ4n) is 2.31. The molecule has 0 saturated carbocycles. The van der Waals surface area contributed by atoms with Crippen molar-refractivity contribution in [1.82, 2.24) is 15.1 Å². The highest BCUT2D eigenvalue weighted by atomic mass is 32.2. The zero-order valence-electron chi connectivity index (χ0n) is 12.7. The first-order valence-corrected chi connectivity index (χ1v) is 8.35. The van der Waals surface area contributed by atoms with Gasteiger partial charge in [-0.05, 0) is 26.8 Å². The minimum absolute atomic E-state index is 0.117. The molecule has 0 bridgehead atoms. The van der Waals surface area contributed by atoms with E-state index in [2.05, 4.69) is 5.32 Å². The molecule has 0 spiro atoms. The number of rotatable bonds is 5. The van der Waals surface area contributed by atoms with Crippen LogP contribution >= 0.6 is 0 Å². The van der Waals surface area contributed by atoms with Gasteiger partial charge < -0.3 is 10.2 Å². The van der Waals surface area contributed by atoms with Crippen molar-refractivity contribution in [2.75, 3.05) is 39.2 Å². The van der Waals surface area contributed by atoms with Crippen LogP contribution in [0.5, 0.6) is 0 Å². The molecule has 1 saturated heterocycles. The van der Waals surface area contributed by atoms with Gasteiger partial charge in [0.2, 0.25) is 11.8 Å². The Kier molecular flexibility index (Phi) is 6.61. The number of hydrogen-bond acceptors (Lipinski definition) is 4. The van der Waals surface area contributed by atoms with Crippen molar-refractivity contribution >= 4 is 22.6 Å². The summed E-state index contributed by atoms with van der Waals surface area (Å²) in [5.74, 6) is 1.16. The molecule has 6 nitrogen and oxygen atoms in total. The highest BCUT2D eigenvalue weighted by molar-refractivity contribution is 7.85. The number of likely N-dealkylation sites (N-methyl/N-ethyl adjacent to an activating group) is 2. The van der Waals surface area contributed by atoms with Gasteiger partial charge in [0.25, 0.3) is 0 Å². The second kappa shape index (κ2) is 7.73. The molecule has 1 rings (SSSR count). The van der Waals surface area contributed by atoms with Gasteiger partial charge in [-0.1, -0.05) is 0 Å². The van der Waals surface area contributed by atoms with Crippen LogP contribution in [-0.4, -0.2) is 77.1 Å². The Bertz CT molecular complexity index is 377. The molecule has 116 valence electrons. The molecule has 1 aliphatic rings. The van der Waals surface area contributed by atoms with E-state index in [1.54, 1.807) is 21.0 Å². The zero-order valence-corrected chi connectivity index (χ0v) is 13.5. The molecule has 1 N–H and O–H groups in total. The van der Waals surface area contributed by atoms with Gasteiger partial charge in [-0.3, -0.25) is 18.7 Å². The average molecular weight is 303 g/mol. The Morgan fingerprint density at radius 2 is 1.80 bits per heavy atom. The SMILES string of the molecule is C[C@H](NC(=O)CN(C)C1CCS(=O)CC1)C(=O)N(C)C. The van der Waals surface area contributed by atoms with Crippen molar-refractivity contribution in [2.45, 2.75) is 31.8 Å². The molecule has 0 radical (unpaired) electrons. The number of nitrogens with one attached hydrogen (secondary N) is 1. The average Bonchev–Trinajstić information content (AvgIpc) is 2.37. The van der Waals surface area contributed by atoms with Gasteiger partial charge >= 0.3 is 0 Å². The van der Waals surface area contributed by atoms with Crippen LogP contribution in [0.4, 0.5) is 0 Å². The third-order valence-corrected chi connectivity index (χ3v) is 4.94. The van der Waals surface area contributed by atoms with Crippen molar-refractivity contribution in [3.05, 3.63) is 0 Å². The van der Waals surface area contributed by atoms with Crippen LogP contribution in [0.2, 0.25) is 0 Å². The van der Waals surface area contributed by atoms with Gasteiger partial charge in [0, 0.05) is 42.4 Å². The van der Waals surface area contributed by atoms with E-state index in [1.807, 2.05) is 11.9 Å². The second-order valence-corrected chi connectivity index (χ2v) is 7.21. The van der Waals surface area contributed by atoms with Gasteiger partial charge in [0.05, 0.1) is 6.54 Å². The summed E-state index contributed by atoms with van der Waals surface area (Å²) < 4.78 is 11.3. The molecule has 1 atom stereocenters. The monoisotopic (exact) mass is 303 g/mol. The van der Waals surface area contributed by atoms with Gasteiger partial charge in [-0.25, -0.2) is 0 Å². The molecule has 1 heterocycles. The summed E-state index contributed by atoms with van der Waals surface area (Å²) in [5.41, 5.74) is 0. The Hall–Kier alpha value is -0.950. The van der Waals surface area contributed by atoms with Crippen molar-refractivity contribution in [3.63, 3.8) is 0 Å². The lowest BCUT2D eigenvalue weighted by Gasteiger charge is -2.30. The lowest BCUT2D eigenvalue weighted by Crippen LogP contribution is -2.49. The maximum Gasteiger partial charge on any atom is 0.244 e.